The van der Waals surface area contributed by atoms with Crippen LogP contribution in [0.3, 0.4) is 0 Å². The molecular formula is C42H74N4O12. The average molecular weight is 827 g/mol. The van der Waals surface area contributed by atoms with E-state index in [-0.39, 0.29) is 64.5 Å². The van der Waals surface area contributed by atoms with Gasteiger partial charge < -0.3 is 40.9 Å². The van der Waals surface area contributed by atoms with Gasteiger partial charge in [-0.25, -0.2) is 9.59 Å². The molecule has 334 valence electrons. The molecule has 0 saturated carbocycles. The number of carboxylic acids is 4. The zero-order valence-electron chi connectivity index (χ0n) is 35.3. The molecule has 0 aromatic rings. The quantitative estimate of drug-likeness (QED) is 0.0383. The molecule has 0 fully saturated rings. The smallest absolute Gasteiger partial charge is 0.326 e. The summed E-state index contributed by atoms with van der Waals surface area (Å²) in [7, 11) is 0. The summed E-state index contributed by atoms with van der Waals surface area (Å²) in [6, 6.07) is -2.66. The van der Waals surface area contributed by atoms with Gasteiger partial charge in [-0.3, -0.25) is 28.8 Å². The summed E-state index contributed by atoms with van der Waals surface area (Å²) < 4.78 is 0. The van der Waals surface area contributed by atoms with Gasteiger partial charge in [-0.05, 0) is 38.5 Å². The Labute approximate surface area is 345 Å². The topological polar surface area (TPSA) is 248 Å². The number of hydrogen-bond acceptors (Lipinski definition) is 8. The minimum absolute atomic E-state index is 0.0744. The van der Waals surface area contributed by atoms with E-state index in [4.69, 9.17) is 0 Å². The van der Waals surface area contributed by atoms with E-state index in [0.717, 1.165) is 61.2 Å². The Balaban J connectivity index is 4.88. The number of carboxylic acid groups (broad SMARTS) is 4. The fraction of sp³-hybridized carbons (Fsp3) is 0.810. The minimum atomic E-state index is -1.33. The first-order valence-electron chi connectivity index (χ1n) is 21.7. The normalized spacial score (nSPS) is 12.0. The summed E-state index contributed by atoms with van der Waals surface area (Å²) in [5.74, 6) is -7.36. The molecule has 16 heteroatoms. The number of aliphatic carboxylic acids is 4. The van der Waals surface area contributed by atoms with Crippen molar-refractivity contribution in [3.8, 4) is 0 Å². The largest absolute Gasteiger partial charge is 0.480 e. The van der Waals surface area contributed by atoms with Gasteiger partial charge in [0, 0.05) is 38.8 Å². The summed E-state index contributed by atoms with van der Waals surface area (Å²) in [4.78, 5) is 99.6. The standard InChI is InChI=1S/C42H74N4O12/c1-3-5-7-9-11-13-15-17-19-23-35(47)43-33(41(55)56)25-27-37(49)45(31-39(51)52)29-21-22-30-46(32-40(53)54)38(50)28-26-34(42(57)58)44-36(48)24-20-18-16-14-12-10-8-6-4-2/h33-34H,3-32H2,1-2H3,(H,43,47)(H,44,48)(H,51,52)(H,53,54)(H,55,56)(H,57,58). The Hall–Kier alpha value is -4.24. The molecule has 0 aromatic carbocycles. The van der Waals surface area contributed by atoms with Gasteiger partial charge in [-0.1, -0.05) is 117 Å². The summed E-state index contributed by atoms with van der Waals surface area (Å²) in [5, 5.41) is 43.0. The van der Waals surface area contributed by atoms with Crippen molar-refractivity contribution in [1.29, 1.82) is 0 Å². The molecule has 6 N–H and O–H groups in total. The predicted octanol–water partition coefficient (Wildman–Crippen LogP) is 6.13. The summed E-state index contributed by atoms with van der Waals surface area (Å²) >= 11 is 0. The van der Waals surface area contributed by atoms with Gasteiger partial charge >= 0.3 is 23.9 Å². The number of carbonyl (C=O) groups is 8. The van der Waals surface area contributed by atoms with Crippen LogP contribution in [0.4, 0.5) is 0 Å². The molecule has 58 heavy (non-hydrogen) atoms. The van der Waals surface area contributed by atoms with Gasteiger partial charge in [0.25, 0.3) is 0 Å². The Morgan fingerprint density at radius 3 is 0.983 bits per heavy atom. The van der Waals surface area contributed by atoms with Crippen molar-refractivity contribution >= 4 is 47.5 Å². The van der Waals surface area contributed by atoms with Crippen molar-refractivity contribution in [2.24, 2.45) is 0 Å². The molecule has 2 unspecified atom stereocenters. The molecule has 2 atom stereocenters. The van der Waals surface area contributed by atoms with Crippen LogP contribution < -0.4 is 10.6 Å². The summed E-state index contributed by atoms with van der Waals surface area (Å²) in [6.07, 6.45) is 18.6. The van der Waals surface area contributed by atoms with E-state index < -0.39 is 72.7 Å². The van der Waals surface area contributed by atoms with Gasteiger partial charge in [-0.2, -0.15) is 0 Å². The first kappa shape index (κ1) is 53.8. The molecule has 0 radical (unpaired) electrons. The maximum atomic E-state index is 13.0. The molecule has 0 aliphatic heterocycles. The van der Waals surface area contributed by atoms with Crippen LogP contribution in [0.15, 0.2) is 0 Å². The molecule has 0 saturated heterocycles. The second kappa shape index (κ2) is 34.8. The molecule has 0 aliphatic carbocycles. The van der Waals surface area contributed by atoms with Gasteiger partial charge in [-0.15, -0.1) is 0 Å². The zero-order valence-corrected chi connectivity index (χ0v) is 35.3. The molecule has 0 heterocycles. The van der Waals surface area contributed by atoms with Gasteiger partial charge in [0.05, 0.1) is 0 Å². The van der Waals surface area contributed by atoms with Crippen molar-refractivity contribution in [2.45, 2.75) is 193 Å². The second-order valence-corrected chi connectivity index (χ2v) is 15.3. The number of nitrogens with zero attached hydrogens (tertiary/aromatic N) is 2. The van der Waals surface area contributed by atoms with Crippen molar-refractivity contribution in [3.05, 3.63) is 0 Å². The third-order valence-electron chi connectivity index (χ3n) is 10.0. The van der Waals surface area contributed by atoms with Crippen LogP contribution in [0.25, 0.3) is 0 Å². The van der Waals surface area contributed by atoms with Crippen LogP contribution in [0.2, 0.25) is 0 Å². The van der Waals surface area contributed by atoms with E-state index in [1.54, 1.807) is 0 Å². The number of nitrogens with one attached hydrogen (secondary N) is 2. The Kier molecular flexibility index (Phi) is 32.2. The Morgan fingerprint density at radius 2 is 0.707 bits per heavy atom. The van der Waals surface area contributed by atoms with Gasteiger partial charge in [0.15, 0.2) is 0 Å². The lowest BCUT2D eigenvalue weighted by Crippen LogP contribution is -2.43. The highest BCUT2D eigenvalue weighted by Crippen LogP contribution is 2.13. The van der Waals surface area contributed by atoms with Gasteiger partial charge in [0.2, 0.25) is 23.6 Å². The zero-order chi connectivity index (χ0) is 43.6. The van der Waals surface area contributed by atoms with E-state index in [1.165, 1.54) is 51.4 Å². The second-order valence-electron chi connectivity index (χ2n) is 15.3. The number of hydrogen-bond donors (Lipinski definition) is 6. The number of unbranched alkanes of at least 4 members (excludes halogenated alkanes) is 17. The molecule has 0 aromatic heterocycles. The molecule has 4 amide bonds. The van der Waals surface area contributed by atoms with Crippen molar-refractivity contribution in [3.63, 3.8) is 0 Å². The van der Waals surface area contributed by atoms with Crippen LogP contribution in [0, 0.1) is 0 Å². The van der Waals surface area contributed by atoms with Crippen molar-refractivity contribution < 1.29 is 58.8 Å². The lowest BCUT2D eigenvalue weighted by Gasteiger charge is -2.24. The first-order chi connectivity index (χ1) is 27.7. The van der Waals surface area contributed by atoms with Crippen molar-refractivity contribution in [1.82, 2.24) is 20.4 Å². The molecule has 0 bridgehead atoms. The predicted molar refractivity (Wildman–Crippen MR) is 219 cm³/mol. The first-order valence-corrected chi connectivity index (χ1v) is 21.7. The highest BCUT2D eigenvalue weighted by atomic mass is 16.4. The van der Waals surface area contributed by atoms with E-state index in [1.807, 2.05) is 0 Å². The van der Waals surface area contributed by atoms with Crippen molar-refractivity contribution in [2.75, 3.05) is 26.2 Å². The van der Waals surface area contributed by atoms with Crippen LogP contribution >= 0.6 is 0 Å². The maximum absolute atomic E-state index is 13.0. The molecule has 0 rings (SSSR count). The van der Waals surface area contributed by atoms with Crippen LogP contribution in [-0.2, 0) is 38.4 Å². The molecule has 0 aliphatic rings. The van der Waals surface area contributed by atoms with E-state index in [0.29, 0.717) is 12.8 Å². The highest BCUT2D eigenvalue weighted by molar-refractivity contribution is 5.86. The third-order valence-corrected chi connectivity index (χ3v) is 10.0. The minimum Gasteiger partial charge on any atom is -0.480 e. The monoisotopic (exact) mass is 827 g/mol. The highest BCUT2D eigenvalue weighted by Gasteiger charge is 2.26. The molecule has 0 spiro atoms. The maximum Gasteiger partial charge on any atom is 0.326 e. The Bertz CT molecular complexity index is 1140. The van der Waals surface area contributed by atoms with Crippen LogP contribution in [0.5, 0.6) is 0 Å². The van der Waals surface area contributed by atoms with Crippen LogP contribution in [-0.4, -0.2) is 116 Å². The number of rotatable bonds is 39. The van der Waals surface area contributed by atoms with Gasteiger partial charge in [0.1, 0.15) is 25.2 Å². The van der Waals surface area contributed by atoms with E-state index >= 15 is 0 Å². The summed E-state index contributed by atoms with van der Waals surface area (Å²) in [5.41, 5.74) is 0. The molecule has 16 nitrogen and oxygen atoms in total. The fourth-order valence-corrected chi connectivity index (χ4v) is 6.61. The number of amides is 4. The lowest BCUT2D eigenvalue weighted by atomic mass is 10.1. The summed E-state index contributed by atoms with van der Waals surface area (Å²) in [6.45, 7) is 2.85. The third kappa shape index (κ3) is 29.9. The Morgan fingerprint density at radius 1 is 0.414 bits per heavy atom. The van der Waals surface area contributed by atoms with Crippen LogP contribution in [0.1, 0.15) is 181 Å². The lowest BCUT2D eigenvalue weighted by molar-refractivity contribution is -0.146. The SMILES string of the molecule is CCCCCCCCCCCC(=O)NC(CCC(=O)N(CCCCN(CC(=O)O)C(=O)CCC(NC(=O)CCCCCCCCCCC)C(=O)O)CC(=O)O)C(=O)O. The number of carbonyl (C=O) groups excluding carboxylic acids is 4. The van der Waals surface area contributed by atoms with E-state index in [9.17, 15) is 58.8 Å². The fourth-order valence-electron chi connectivity index (χ4n) is 6.61. The van der Waals surface area contributed by atoms with E-state index in [2.05, 4.69) is 24.5 Å². The molecular weight excluding hydrogens is 752 g/mol. The average Bonchev–Trinajstić information content (AvgIpc) is 3.16.